The molecule has 1 aliphatic rings. The van der Waals surface area contributed by atoms with Gasteiger partial charge in [0.2, 0.25) is 26.0 Å². The standard InChI is InChI=1S/C24H34N4O6S2/c1-19-7-8-20(18-23(19)36(32,33)27-16-14-26(2)15-17-27)25-24(29)6-5-13-28(35(4,30)31)21-9-11-22(34-3)12-10-21/h7-12,18H,5-6,13-17H2,1-4H3,(H,25,29). The molecule has 0 spiro atoms. The zero-order valence-electron chi connectivity index (χ0n) is 21.1. The number of ether oxygens (including phenoxy) is 1. The van der Waals surface area contributed by atoms with Gasteiger partial charge in [0.1, 0.15) is 5.75 Å². The Balaban J connectivity index is 1.64. The van der Waals surface area contributed by atoms with Crippen molar-refractivity contribution in [3.05, 3.63) is 48.0 Å². The summed E-state index contributed by atoms with van der Waals surface area (Å²) in [6.45, 7) is 4.01. The molecule has 0 unspecified atom stereocenters. The summed E-state index contributed by atoms with van der Waals surface area (Å²) in [5.41, 5.74) is 1.47. The van der Waals surface area contributed by atoms with Crippen LogP contribution in [0.2, 0.25) is 0 Å². The summed E-state index contributed by atoms with van der Waals surface area (Å²) in [6, 6.07) is 11.5. The second-order valence-corrected chi connectivity index (χ2v) is 12.7. The maximum absolute atomic E-state index is 13.2. The number of likely N-dealkylation sites (N-methyl/N-ethyl adjacent to an activating group) is 1. The smallest absolute Gasteiger partial charge is 0.243 e. The Kier molecular flexibility index (Phi) is 8.98. The Morgan fingerprint density at radius 3 is 2.25 bits per heavy atom. The third-order valence-electron chi connectivity index (χ3n) is 6.08. The molecular weight excluding hydrogens is 504 g/mol. The Morgan fingerprint density at radius 2 is 1.67 bits per heavy atom. The molecule has 0 bridgehead atoms. The van der Waals surface area contributed by atoms with Crippen LogP contribution in [0.3, 0.4) is 0 Å². The van der Waals surface area contributed by atoms with Crippen molar-refractivity contribution in [1.82, 2.24) is 9.21 Å². The normalized spacial score (nSPS) is 15.4. The fourth-order valence-corrected chi connectivity index (χ4v) is 6.60. The Hall–Kier alpha value is -2.67. The number of carbonyl (C=O) groups is 1. The maximum Gasteiger partial charge on any atom is 0.243 e. The van der Waals surface area contributed by atoms with Crippen molar-refractivity contribution in [1.29, 1.82) is 0 Å². The van der Waals surface area contributed by atoms with Crippen LogP contribution in [0.25, 0.3) is 0 Å². The van der Waals surface area contributed by atoms with Gasteiger partial charge in [0, 0.05) is 44.8 Å². The summed E-state index contributed by atoms with van der Waals surface area (Å²) >= 11 is 0. The molecule has 0 saturated carbocycles. The van der Waals surface area contributed by atoms with Crippen LogP contribution in [0.5, 0.6) is 5.75 Å². The van der Waals surface area contributed by atoms with Gasteiger partial charge in [0.05, 0.1) is 23.9 Å². The van der Waals surface area contributed by atoms with Gasteiger partial charge in [-0.05, 0) is 62.4 Å². The first-order valence-corrected chi connectivity index (χ1v) is 14.9. The topological polar surface area (TPSA) is 116 Å². The van der Waals surface area contributed by atoms with Gasteiger partial charge in [-0.3, -0.25) is 9.10 Å². The summed E-state index contributed by atoms with van der Waals surface area (Å²) in [5, 5.41) is 2.74. The summed E-state index contributed by atoms with van der Waals surface area (Å²) in [5.74, 6) is 0.281. The molecule has 2 aromatic carbocycles. The Morgan fingerprint density at radius 1 is 1.03 bits per heavy atom. The van der Waals surface area contributed by atoms with Crippen molar-refractivity contribution in [2.75, 3.05) is 62.8 Å². The third-order valence-corrected chi connectivity index (χ3v) is 9.31. The second kappa shape index (κ2) is 11.6. The van der Waals surface area contributed by atoms with Crippen molar-refractivity contribution >= 4 is 37.3 Å². The van der Waals surface area contributed by atoms with E-state index in [9.17, 15) is 21.6 Å². The maximum atomic E-state index is 13.2. The minimum Gasteiger partial charge on any atom is -0.497 e. The number of hydrogen-bond donors (Lipinski definition) is 1. The van der Waals surface area contributed by atoms with Gasteiger partial charge in [-0.1, -0.05) is 6.07 Å². The van der Waals surface area contributed by atoms with Crippen molar-refractivity contribution in [2.45, 2.75) is 24.7 Å². The van der Waals surface area contributed by atoms with Crippen LogP contribution in [0.1, 0.15) is 18.4 Å². The zero-order valence-corrected chi connectivity index (χ0v) is 22.7. The molecular formula is C24H34N4O6S2. The Bertz CT molecular complexity index is 1270. The molecule has 1 aliphatic heterocycles. The Labute approximate surface area is 213 Å². The zero-order chi connectivity index (χ0) is 26.5. The molecule has 1 saturated heterocycles. The van der Waals surface area contributed by atoms with Gasteiger partial charge in [-0.25, -0.2) is 16.8 Å². The van der Waals surface area contributed by atoms with E-state index < -0.39 is 20.0 Å². The number of benzene rings is 2. The van der Waals surface area contributed by atoms with Gasteiger partial charge in [-0.15, -0.1) is 0 Å². The lowest BCUT2D eigenvalue weighted by Crippen LogP contribution is -2.47. The van der Waals surface area contributed by atoms with Gasteiger partial charge in [0.15, 0.2) is 0 Å². The lowest BCUT2D eigenvalue weighted by Gasteiger charge is -2.32. The van der Waals surface area contributed by atoms with Gasteiger partial charge in [0.25, 0.3) is 0 Å². The van der Waals surface area contributed by atoms with Crippen LogP contribution in [0.15, 0.2) is 47.4 Å². The quantitative estimate of drug-likeness (QED) is 0.493. The molecule has 0 aliphatic carbocycles. The van der Waals surface area contributed by atoms with E-state index in [4.69, 9.17) is 4.74 Å². The number of anilines is 2. The molecule has 1 amide bonds. The summed E-state index contributed by atoms with van der Waals surface area (Å²) < 4.78 is 58.8. The number of amides is 1. The van der Waals surface area contributed by atoms with Gasteiger partial charge >= 0.3 is 0 Å². The van der Waals surface area contributed by atoms with E-state index in [0.29, 0.717) is 48.9 Å². The van der Waals surface area contributed by atoms with Crippen LogP contribution >= 0.6 is 0 Å². The lowest BCUT2D eigenvalue weighted by atomic mass is 10.2. The van der Waals surface area contributed by atoms with Gasteiger partial charge in [-0.2, -0.15) is 4.31 Å². The van der Waals surface area contributed by atoms with E-state index in [0.717, 1.165) is 6.26 Å². The SMILES string of the molecule is COc1ccc(N(CCCC(=O)Nc2ccc(C)c(S(=O)(=O)N3CCN(C)CC3)c2)S(C)(=O)=O)cc1. The molecule has 198 valence electrons. The highest BCUT2D eigenvalue weighted by Crippen LogP contribution is 2.25. The molecule has 1 N–H and O–H groups in total. The largest absolute Gasteiger partial charge is 0.497 e. The number of nitrogens with zero attached hydrogens (tertiary/aromatic N) is 3. The van der Waals surface area contributed by atoms with E-state index in [1.165, 1.54) is 21.8 Å². The number of sulfonamides is 2. The number of nitrogens with one attached hydrogen (secondary N) is 1. The number of hydrogen-bond acceptors (Lipinski definition) is 7. The molecule has 0 aromatic heterocycles. The number of aryl methyl sites for hydroxylation is 1. The first kappa shape index (κ1) is 27.9. The minimum absolute atomic E-state index is 0.0661. The third kappa shape index (κ3) is 6.96. The number of rotatable bonds is 10. The molecule has 3 rings (SSSR count). The highest BCUT2D eigenvalue weighted by atomic mass is 32.2. The van der Waals surface area contributed by atoms with Crippen molar-refractivity contribution in [3.63, 3.8) is 0 Å². The van der Waals surface area contributed by atoms with E-state index in [1.807, 2.05) is 7.05 Å². The molecule has 12 heteroatoms. The van der Waals surface area contributed by atoms with Crippen LogP contribution < -0.4 is 14.4 Å². The average Bonchev–Trinajstić information content (AvgIpc) is 2.82. The number of piperazine rings is 1. The molecule has 2 aromatic rings. The summed E-state index contributed by atoms with van der Waals surface area (Å²) in [6.07, 6.45) is 1.46. The van der Waals surface area contributed by atoms with Crippen molar-refractivity contribution in [2.24, 2.45) is 0 Å². The first-order chi connectivity index (χ1) is 16.9. The number of carbonyl (C=O) groups excluding carboxylic acids is 1. The predicted molar refractivity (Wildman–Crippen MR) is 140 cm³/mol. The molecule has 0 atom stereocenters. The van der Waals surface area contributed by atoms with Gasteiger partial charge < -0.3 is 15.0 Å². The summed E-state index contributed by atoms with van der Waals surface area (Å²) in [7, 11) is -3.75. The molecule has 0 radical (unpaired) electrons. The van der Waals surface area contributed by atoms with Crippen molar-refractivity contribution in [3.8, 4) is 5.75 Å². The van der Waals surface area contributed by atoms with E-state index in [2.05, 4.69) is 10.2 Å². The highest BCUT2D eigenvalue weighted by molar-refractivity contribution is 7.92. The van der Waals surface area contributed by atoms with Crippen LogP contribution in [0.4, 0.5) is 11.4 Å². The molecule has 1 fully saturated rings. The molecule has 36 heavy (non-hydrogen) atoms. The van der Waals surface area contributed by atoms with E-state index >= 15 is 0 Å². The summed E-state index contributed by atoms with van der Waals surface area (Å²) in [4.78, 5) is 14.8. The van der Waals surface area contributed by atoms with Crippen molar-refractivity contribution < 1.29 is 26.4 Å². The van der Waals surface area contributed by atoms with Crippen LogP contribution in [-0.2, 0) is 24.8 Å². The first-order valence-electron chi connectivity index (χ1n) is 11.6. The molecule has 1 heterocycles. The fourth-order valence-electron chi connectivity index (χ4n) is 3.96. The minimum atomic E-state index is -3.68. The van der Waals surface area contributed by atoms with E-state index in [1.54, 1.807) is 43.3 Å². The second-order valence-electron chi connectivity index (χ2n) is 8.87. The lowest BCUT2D eigenvalue weighted by molar-refractivity contribution is -0.116. The fraction of sp³-hybridized carbons (Fsp3) is 0.458. The highest BCUT2D eigenvalue weighted by Gasteiger charge is 2.29. The molecule has 10 nitrogen and oxygen atoms in total. The predicted octanol–water partition coefficient (Wildman–Crippen LogP) is 2.12. The van der Waals surface area contributed by atoms with Crippen LogP contribution in [-0.4, -0.2) is 85.1 Å². The van der Waals surface area contributed by atoms with Crippen LogP contribution in [0, 0.1) is 6.92 Å². The monoisotopic (exact) mass is 538 g/mol. The average molecular weight is 539 g/mol. The number of methoxy groups -OCH3 is 1. The van der Waals surface area contributed by atoms with E-state index in [-0.39, 0.29) is 30.2 Å².